The Labute approximate surface area is 102 Å². The molecule has 0 aliphatic rings. The van der Waals surface area contributed by atoms with Crippen LogP contribution in [0.2, 0.25) is 0 Å². The molecule has 2 heterocycles. The Morgan fingerprint density at radius 1 is 1.14 bits per heavy atom. The van der Waals surface area contributed by atoms with E-state index in [0.29, 0.717) is 0 Å². The summed E-state index contributed by atoms with van der Waals surface area (Å²) < 4.78 is 2.04. The van der Waals surface area contributed by atoms with Crippen LogP contribution in [0, 0.1) is 0 Å². The fraction of sp³-hybridized carbons (Fsp3) is 0. The molecule has 0 aliphatic heterocycles. The Bertz CT molecular complexity index is 540. The topological polar surface area (TPSA) is 33.1 Å². The predicted molar refractivity (Wildman–Crippen MR) is 67.7 cm³/mol. The number of aromatic amines is 1. The lowest BCUT2D eigenvalue weighted by Crippen LogP contribution is -1.74. The number of nitrogens with zero attached hydrogens (tertiary/aromatic N) is 2. The minimum Gasteiger partial charge on any atom is -0.323 e. The number of rotatable bonds is 0. The number of hydrogen-bond donors (Lipinski definition) is 1. The molecule has 3 nitrogen and oxygen atoms in total. The molecule has 5 heteroatoms. The van der Waals surface area contributed by atoms with Crippen molar-refractivity contribution in [3.05, 3.63) is 36.7 Å². The van der Waals surface area contributed by atoms with Crippen molar-refractivity contribution in [2.45, 2.75) is 0 Å². The van der Waals surface area contributed by atoms with Crippen molar-refractivity contribution in [3.8, 4) is 0 Å². The lowest BCUT2D eigenvalue weighted by Gasteiger charge is -1.86. The Morgan fingerprint density at radius 3 is 2.79 bits per heavy atom. The zero-order valence-electron chi connectivity index (χ0n) is 7.18. The maximum Gasteiger partial charge on any atom is 0.212 e. The molecular weight excluding hydrogens is 310 g/mol. The molecule has 0 saturated heterocycles. The van der Waals surface area contributed by atoms with Crippen molar-refractivity contribution in [1.29, 1.82) is 0 Å². The molecule has 1 N–H and O–H groups in total. The molecule has 0 saturated carbocycles. The summed E-state index contributed by atoms with van der Waals surface area (Å²) in [5.41, 5.74) is 2.30. The molecule has 3 rings (SSSR count). The first-order chi connectivity index (χ1) is 5.95. The van der Waals surface area contributed by atoms with Gasteiger partial charge >= 0.3 is 0 Å². The van der Waals surface area contributed by atoms with Crippen LogP contribution >= 0.6 is 34.0 Å². The van der Waals surface area contributed by atoms with Crippen molar-refractivity contribution in [2.75, 3.05) is 0 Å². The van der Waals surface area contributed by atoms with Gasteiger partial charge in [-0.1, -0.05) is 12.1 Å². The van der Waals surface area contributed by atoms with Crippen LogP contribution < -0.4 is 0 Å². The zero-order chi connectivity index (χ0) is 7.97. The van der Waals surface area contributed by atoms with Gasteiger partial charge in [0.05, 0.1) is 11.0 Å². The number of benzene rings is 1. The maximum absolute atomic E-state index is 4.16. The molecule has 1 aromatic carbocycles. The van der Waals surface area contributed by atoms with Crippen molar-refractivity contribution in [1.82, 2.24) is 14.4 Å². The minimum atomic E-state index is 0. The smallest absolute Gasteiger partial charge is 0.212 e. The molecule has 0 bridgehead atoms. The molecule has 0 radical (unpaired) electrons. The van der Waals surface area contributed by atoms with E-state index in [9.17, 15) is 0 Å². The van der Waals surface area contributed by atoms with Gasteiger partial charge in [0.2, 0.25) is 5.78 Å². The normalized spacial score (nSPS) is 9.71. The van der Waals surface area contributed by atoms with Gasteiger partial charge in [0, 0.05) is 12.4 Å². The summed E-state index contributed by atoms with van der Waals surface area (Å²) in [6.45, 7) is 0. The van der Waals surface area contributed by atoms with Crippen LogP contribution in [-0.4, -0.2) is 14.4 Å². The van der Waals surface area contributed by atoms with Crippen LogP contribution in [0.1, 0.15) is 0 Å². The molecule has 0 unspecified atom stereocenters. The van der Waals surface area contributed by atoms with E-state index in [0.717, 1.165) is 11.3 Å². The van der Waals surface area contributed by atoms with E-state index in [2.05, 4.69) is 16.0 Å². The molecule has 0 fully saturated rings. The molecule has 0 spiro atoms. The predicted octanol–water partition coefficient (Wildman–Crippen LogP) is 2.97. The van der Waals surface area contributed by atoms with Crippen molar-refractivity contribution >= 4 is 50.8 Å². The highest BCUT2D eigenvalue weighted by Gasteiger charge is 2.00. The average Bonchev–Trinajstić information content (AvgIpc) is 2.62. The number of fused-ring (bicyclic) bond motifs is 3. The third-order valence-corrected chi connectivity index (χ3v) is 2.05. The zero-order valence-corrected chi connectivity index (χ0v) is 10.6. The Hall–Kier alpha value is -0.810. The van der Waals surface area contributed by atoms with Gasteiger partial charge in [0.15, 0.2) is 0 Å². The molecule has 74 valence electrons. The third-order valence-electron chi connectivity index (χ3n) is 2.05. The standard InChI is InChI=1S/C9H7N3.2BrH/c1-2-4-8-7(3-1)11-9-10-5-6-12(8)9;;/h1-6H,(H,10,11);2*1H. The summed E-state index contributed by atoms with van der Waals surface area (Å²) in [7, 11) is 0. The molecule has 3 aromatic rings. The molecular formula is C9H9Br2N3. The average molecular weight is 319 g/mol. The fourth-order valence-corrected chi connectivity index (χ4v) is 1.50. The van der Waals surface area contributed by atoms with Crippen LogP contribution in [0.3, 0.4) is 0 Å². The summed E-state index contributed by atoms with van der Waals surface area (Å²) in [6, 6.07) is 8.15. The van der Waals surface area contributed by atoms with Gasteiger partial charge in [0.1, 0.15) is 0 Å². The number of halogens is 2. The highest BCUT2D eigenvalue weighted by molar-refractivity contribution is 8.93. The molecule has 0 aliphatic carbocycles. The van der Waals surface area contributed by atoms with Gasteiger partial charge < -0.3 is 4.98 Å². The summed E-state index contributed by atoms with van der Waals surface area (Å²) in [4.78, 5) is 7.37. The SMILES string of the molecule is Br.Br.c1ccc2c(c1)[nH]c1nccn12. The van der Waals surface area contributed by atoms with Crippen molar-refractivity contribution in [2.24, 2.45) is 0 Å². The lowest BCUT2D eigenvalue weighted by atomic mass is 10.3. The van der Waals surface area contributed by atoms with Gasteiger partial charge in [-0.2, -0.15) is 0 Å². The van der Waals surface area contributed by atoms with E-state index >= 15 is 0 Å². The number of hydrogen-bond acceptors (Lipinski definition) is 1. The van der Waals surface area contributed by atoms with E-state index in [-0.39, 0.29) is 34.0 Å². The summed E-state index contributed by atoms with van der Waals surface area (Å²) >= 11 is 0. The number of nitrogens with one attached hydrogen (secondary N) is 1. The second kappa shape index (κ2) is 4.14. The van der Waals surface area contributed by atoms with Gasteiger partial charge in [-0.25, -0.2) is 4.98 Å². The van der Waals surface area contributed by atoms with E-state index in [1.807, 2.05) is 28.8 Å². The van der Waals surface area contributed by atoms with Crippen molar-refractivity contribution in [3.63, 3.8) is 0 Å². The largest absolute Gasteiger partial charge is 0.323 e. The van der Waals surface area contributed by atoms with Crippen LogP contribution in [0.15, 0.2) is 36.7 Å². The first-order valence-corrected chi connectivity index (χ1v) is 3.85. The van der Waals surface area contributed by atoms with Gasteiger partial charge in [0.25, 0.3) is 0 Å². The quantitative estimate of drug-likeness (QED) is 0.679. The molecule has 0 amide bonds. The van der Waals surface area contributed by atoms with Crippen molar-refractivity contribution < 1.29 is 0 Å². The Morgan fingerprint density at radius 2 is 1.93 bits per heavy atom. The maximum atomic E-state index is 4.16. The highest BCUT2D eigenvalue weighted by atomic mass is 79.9. The van der Waals surface area contributed by atoms with E-state index in [1.54, 1.807) is 6.20 Å². The summed E-state index contributed by atoms with van der Waals surface area (Å²) in [6.07, 6.45) is 3.74. The molecule has 0 atom stereocenters. The van der Waals surface area contributed by atoms with Crippen LogP contribution in [-0.2, 0) is 0 Å². The van der Waals surface area contributed by atoms with Gasteiger partial charge in [-0.15, -0.1) is 34.0 Å². The monoisotopic (exact) mass is 317 g/mol. The van der Waals surface area contributed by atoms with E-state index in [4.69, 9.17) is 0 Å². The molecule has 2 aromatic heterocycles. The van der Waals surface area contributed by atoms with E-state index in [1.165, 1.54) is 5.52 Å². The first-order valence-electron chi connectivity index (χ1n) is 3.85. The number of H-pyrrole nitrogens is 1. The van der Waals surface area contributed by atoms with Crippen LogP contribution in [0.4, 0.5) is 0 Å². The van der Waals surface area contributed by atoms with Crippen LogP contribution in [0.25, 0.3) is 16.8 Å². The second-order valence-corrected chi connectivity index (χ2v) is 2.76. The summed E-state index contributed by atoms with van der Waals surface area (Å²) in [5.74, 6) is 0.899. The number of para-hydroxylation sites is 2. The Kier molecular flexibility index (Phi) is 3.34. The summed E-state index contributed by atoms with van der Waals surface area (Å²) in [5, 5.41) is 0. The number of aromatic nitrogens is 3. The Balaban J connectivity index is 0.000000490. The first kappa shape index (κ1) is 11.3. The third kappa shape index (κ3) is 1.46. The highest BCUT2D eigenvalue weighted by Crippen LogP contribution is 2.13. The second-order valence-electron chi connectivity index (χ2n) is 2.76. The fourth-order valence-electron chi connectivity index (χ4n) is 1.50. The lowest BCUT2D eigenvalue weighted by molar-refractivity contribution is 1.25. The van der Waals surface area contributed by atoms with Gasteiger partial charge in [-0.3, -0.25) is 4.40 Å². The number of imidazole rings is 2. The molecule has 14 heavy (non-hydrogen) atoms. The minimum absolute atomic E-state index is 0. The van der Waals surface area contributed by atoms with Gasteiger partial charge in [-0.05, 0) is 12.1 Å². The van der Waals surface area contributed by atoms with Crippen LogP contribution in [0.5, 0.6) is 0 Å². The van der Waals surface area contributed by atoms with E-state index < -0.39 is 0 Å².